The highest BCUT2D eigenvalue weighted by atomic mass is 35.5. The van der Waals surface area contributed by atoms with E-state index in [-0.39, 0.29) is 5.78 Å². The standard InChI is InChI=1S/C24H18ClN5OS/c1-14-3-8-20-18(11-14)21(15(2)30(20)12-16-4-6-17(25)7-5-16)22(31)24-29-28-23(32-24)19-9-10-26-13-27-19/h3-11,13H,12H2,1-2H3. The Bertz CT molecular complexity index is 1440. The first-order chi connectivity index (χ1) is 15.5. The van der Waals surface area contributed by atoms with Gasteiger partial charge >= 0.3 is 0 Å². The summed E-state index contributed by atoms with van der Waals surface area (Å²) in [6, 6.07) is 15.7. The van der Waals surface area contributed by atoms with Crippen LogP contribution in [0.2, 0.25) is 5.02 Å². The fourth-order valence-electron chi connectivity index (χ4n) is 3.80. The Balaban J connectivity index is 1.60. The van der Waals surface area contributed by atoms with E-state index in [1.807, 2.05) is 38.1 Å². The predicted octanol–water partition coefficient (Wildman–Crippen LogP) is 5.50. The van der Waals surface area contributed by atoms with E-state index in [0.717, 1.165) is 27.7 Å². The molecule has 32 heavy (non-hydrogen) atoms. The Labute approximate surface area is 193 Å². The molecule has 5 rings (SSSR count). The third kappa shape index (κ3) is 3.70. The van der Waals surface area contributed by atoms with Gasteiger partial charge in [0, 0.05) is 34.4 Å². The van der Waals surface area contributed by atoms with Gasteiger partial charge in [0.2, 0.25) is 5.78 Å². The van der Waals surface area contributed by atoms with E-state index in [2.05, 4.69) is 42.9 Å². The fraction of sp³-hybridized carbons (Fsp3) is 0.125. The van der Waals surface area contributed by atoms with Crippen LogP contribution in [0.1, 0.15) is 32.2 Å². The summed E-state index contributed by atoms with van der Waals surface area (Å²) >= 11 is 7.29. The number of aromatic nitrogens is 5. The Hall–Kier alpha value is -3.42. The maximum atomic E-state index is 13.6. The summed E-state index contributed by atoms with van der Waals surface area (Å²) in [4.78, 5) is 21.7. The van der Waals surface area contributed by atoms with Crippen LogP contribution in [0.5, 0.6) is 0 Å². The second kappa shape index (κ2) is 8.26. The molecule has 0 unspecified atom stereocenters. The van der Waals surface area contributed by atoms with E-state index in [0.29, 0.717) is 32.8 Å². The van der Waals surface area contributed by atoms with Crippen LogP contribution in [-0.4, -0.2) is 30.5 Å². The molecule has 0 fully saturated rings. The molecule has 2 aromatic carbocycles. The Morgan fingerprint density at radius 2 is 1.88 bits per heavy atom. The van der Waals surface area contributed by atoms with Gasteiger partial charge in [-0.25, -0.2) is 9.97 Å². The van der Waals surface area contributed by atoms with Crippen molar-refractivity contribution in [3.63, 3.8) is 0 Å². The summed E-state index contributed by atoms with van der Waals surface area (Å²) in [6.45, 7) is 4.64. The molecule has 3 heterocycles. The van der Waals surface area contributed by atoms with Gasteiger partial charge in [0.1, 0.15) is 12.0 Å². The van der Waals surface area contributed by atoms with Gasteiger partial charge in [-0.1, -0.05) is 46.7 Å². The van der Waals surface area contributed by atoms with Gasteiger partial charge < -0.3 is 4.57 Å². The maximum Gasteiger partial charge on any atom is 0.225 e. The number of carbonyl (C=O) groups is 1. The van der Waals surface area contributed by atoms with E-state index in [1.54, 1.807) is 12.3 Å². The molecular weight excluding hydrogens is 442 g/mol. The number of ketones is 1. The lowest BCUT2D eigenvalue weighted by Crippen LogP contribution is -2.06. The molecule has 0 atom stereocenters. The zero-order valence-electron chi connectivity index (χ0n) is 17.4. The van der Waals surface area contributed by atoms with Gasteiger partial charge in [-0.2, -0.15) is 0 Å². The van der Waals surface area contributed by atoms with E-state index in [9.17, 15) is 4.79 Å². The molecule has 0 saturated carbocycles. The van der Waals surface area contributed by atoms with Gasteiger partial charge in [-0.05, 0) is 49.7 Å². The number of benzene rings is 2. The quantitative estimate of drug-likeness (QED) is 0.324. The van der Waals surface area contributed by atoms with Gasteiger partial charge in [0.05, 0.1) is 5.56 Å². The van der Waals surface area contributed by atoms with Crippen molar-refractivity contribution in [2.75, 3.05) is 0 Å². The van der Waals surface area contributed by atoms with Crippen LogP contribution in [0.15, 0.2) is 61.1 Å². The molecule has 6 nitrogen and oxygen atoms in total. The average molecular weight is 460 g/mol. The van der Waals surface area contributed by atoms with Crippen LogP contribution in [0, 0.1) is 13.8 Å². The average Bonchev–Trinajstić information content (AvgIpc) is 3.39. The summed E-state index contributed by atoms with van der Waals surface area (Å²) in [5, 5.41) is 10.9. The molecule has 3 aromatic heterocycles. The maximum absolute atomic E-state index is 13.6. The number of nitrogens with zero attached hydrogens (tertiary/aromatic N) is 5. The number of hydrogen-bond donors (Lipinski definition) is 0. The largest absolute Gasteiger partial charge is 0.340 e. The minimum absolute atomic E-state index is 0.134. The third-order valence-corrected chi connectivity index (χ3v) is 6.58. The first-order valence-electron chi connectivity index (χ1n) is 10.00. The Morgan fingerprint density at radius 1 is 1.06 bits per heavy atom. The lowest BCUT2D eigenvalue weighted by molar-refractivity contribution is 0.103. The first-order valence-corrected chi connectivity index (χ1v) is 11.2. The highest BCUT2D eigenvalue weighted by Gasteiger charge is 2.24. The van der Waals surface area contributed by atoms with E-state index in [4.69, 9.17) is 11.6 Å². The molecule has 0 spiro atoms. The second-order valence-corrected chi connectivity index (χ2v) is 8.94. The molecule has 0 amide bonds. The van der Waals surface area contributed by atoms with Crippen molar-refractivity contribution in [1.82, 2.24) is 24.7 Å². The molecule has 158 valence electrons. The molecule has 0 aliphatic rings. The minimum Gasteiger partial charge on any atom is -0.340 e. The van der Waals surface area contributed by atoms with Crippen molar-refractivity contribution in [3.8, 4) is 10.7 Å². The summed E-state index contributed by atoms with van der Waals surface area (Å²) in [5.41, 5.74) is 5.40. The lowest BCUT2D eigenvalue weighted by Gasteiger charge is -2.09. The van der Waals surface area contributed by atoms with Crippen molar-refractivity contribution >= 4 is 39.6 Å². The van der Waals surface area contributed by atoms with Crippen LogP contribution in [-0.2, 0) is 6.54 Å². The SMILES string of the molecule is Cc1ccc2c(c1)c(C(=O)c1nnc(-c3ccncn3)s1)c(C)n2Cc1ccc(Cl)cc1. The van der Waals surface area contributed by atoms with Crippen molar-refractivity contribution in [2.45, 2.75) is 20.4 Å². The third-order valence-electron chi connectivity index (χ3n) is 5.38. The monoisotopic (exact) mass is 459 g/mol. The smallest absolute Gasteiger partial charge is 0.225 e. The zero-order chi connectivity index (χ0) is 22.2. The molecule has 5 aromatic rings. The van der Waals surface area contributed by atoms with Crippen molar-refractivity contribution in [1.29, 1.82) is 0 Å². The number of rotatable bonds is 5. The molecule has 0 saturated heterocycles. The van der Waals surface area contributed by atoms with Gasteiger partial charge in [-0.15, -0.1) is 10.2 Å². The van der Waals surface area contributed by atoms with Crippen LogP contribution < -0.4 is 0 Å². The normalized spacial score (nSPS) is 11.2. The zero-order valence-corrected chi connectivity index (χ0v) is 19.0. The molecule has 0 aliphatic heterocycles. The number of carbonyl (C=O) groups excluding carboxylic acids is 1. The van der Waals surface area contributed by atoms with Gasteiger partial charge in [-0.3, -0.25) is 4.79 Å². The molecule has 0 radical (unpaired) electrons. The highest BCUT2D eigenvalue weighted by molar-refractivity contribution is 7.16. The number of hydrogen-bond acceptors (Lipinski definition) is 6. The fourth-order valence-corrected chi connectivity index (χ4v) is 4.69. The van der Waals surface area contributed by atoms with Gasteiger partial charge in [0.15, 0.2) is 10.0 Å². The predicted molar refractivity (Wildman–Crippen MR) is 126 cm³/mol. The van der Waals surface area contributed by atoms with Crippen LogP contribution in [0.3, 0.4) is 0 Å². The lowest BCUT2D eigenvalue weighted by atomic mass is 10.1. The highest BCUT2D eigenvalue weighted by Crippen LogP contribution is 2.31. The van der Waals surface area contributed by atoms with Crippen LogP contribution >= 0.6 is 22.9 Å². The summed E-state index contributed by atoms with van der Waals surface area (Å²) < 4.78 is 2.16. The van der Waals surface area contributed by atoms with Crippen LogP contribution in [0.25, 0.3) is 21.6 Å². The molecule has 0 bridgehead atoms. The second-order valence-electron chi connectivity index (χ2n) is 7.53. The van der Waals surface area contributed by atoms with E-state index >= 15 is 0 Å². The number of aryl methyl sites for hydroxylation is 1. The molecular formula is C24H18ClN5OS. The van der Waals surface area contributed by atoms with Crippen molar-refractivity contribution in [3.05, 3.63) is 93.5 Å². The molecule has 8 heteroatoms. The van der Waals surface area contributed by atoms with Crippen molar-refractivity contribution in [2.24, 2.45) is 0 Å². The van der Waals surface area contributed by atoms with E-state index in [1.165, 1.54) is 17.7 Å². The minimum atomic E-state index is -0.134. The van der Waals surface area contributed by atoms with Crippen LogP contribution in [0.4, 0.5) is 0 Å². The Kier molecular flexibility index (Phi) is 5.28. The summed E-state index contributed by atoms with van der Waals surface area (Å²) in [7, 11) is 0. The van der Waals surface area contributed by atoms with Crippen molar-refractivity contribution < 1.29 is 4.79 Å². The molecule has 0 aliphatic carbocycles. The summed E-state index contributed by atoms with van der Waals surface area (Å²) in [5.74, 6) is -0.134. The number of fused-ring (bicyclic) bond motifs is 1. The number of halogens is 1. The topological polar surface area (TPSA) is 73.6 Å². The Morgan fingerprint density at radius 3 is 2.62 bits per heavy atom. The summed E-state index contributed by atoms with van der Waals surface area (Å²) in [6.07, 6.45) is 3.10. The van der Waals surface area contributed by atoms with E-state index < -0.39 is 0 Å². The van der Waals surface area contributed by atoms with Gasteiger partial charge in [0.25, 0.3) is 0 Å². The molecule has 0 N–H and O–H groups in total. The first kappa shape index (κ1) is 20.5.